The number of aliphatic hydroxyl groups is 1. The molecule has 0 aromatic heterocycles. The molecule has 0 spiro atoms. The summed E-state index contributed by atoms with van der Waals surface area (Å²) < 4.78 is 0. The highest BCUT2D eigenvalue weighted by Gasteiger charge is 2.32. The normalized spacial score (nSPS) is 21.9. The minimum atomic E-state index is -0.194. The average Bonchev–Trinajstić information content (AvgIpc) is 2.56. The van der Waals surface area contributed by atoms with Crippen LogP contribution in [-0.2, 0) is 0 Å². The molecule has 0 radical (unpaired) electrons. The van der Waals surface area contributed by atoms with Crippen LogP contribution in [0.15, 0.2) is 0 Å². The van der Waals surface area contributed by atoms with Crippen LogP contribution in [-0.4, -0.2) is 35.7 Å². The molecule has 1 fully saturated rings. The van der Waals surface area contributed by atoms with Gasteiger partial charge in [0.2, 0.25) is 0 Å². The van der Waals surface area contributed by atoms with Crippen LogP contribution >= 0.6 is 0 Å². The van der Waals surface area contributed by atoms with Crippen molar-refractivity contribution >= 4 is 0 Å². The molecule has 84 valence electrons. The SMILES string of the molecule is CN(C)C(C)(C)C(O)CC1CCCC1. The van der Waals surface area contributed by atoms with Crippen molar-refractivity contribution in [2.24, 2.45) is 5.92 Å². The van der Waals surface area contributed by atoms with Crippen molar-refractivity contribution in [3.8, 4) is 0 Å². The van der Waals surface area contributed by atoms with Gasteiger partial charge in [0.05, 0.1) is 6.10 Å². The van der Waals surface area contributed by atoms with E-state index in [1.165, 1.54) is 25.7 Å². The topological polar surface area (TPSA) is 23.5 Å². The van der Waals surface area contributed by atoms with Crippen LogP contribution in [0.3, 0.4) is 0 Å². The fraction of sp³-hybridized carbons (Fsp3) is 1.00. The van der Waals surface area contributed by atoms with Gasteiger partial charge in [0.1, 0.15) is 0 Å². The lowest BCUT2D eigenvalue weighted by atomic mass is 9.87. The fourth-order valence-corrected chi connectivity index (χ4v) is 2.15. The molecule has 0 heterocycles. The molecule has 14 heavy (non-hydrogen) atoms. The van der Waals surface area contributed by atoms with Gasteiger partial charge in [-0.25, -0.2) is 0 Å². The van der Waals surface area contributed by atoms with Gasteiger partial charge >= 0.3 is 0 Å². The van der Waals surface area contributed by atoms with Crippen molar-refractivity contribution < 1.29 is 5.11 Å². The molecule has 1 aliphatic carbocycles. The maximum atomic E-state index is 10.2. The zero-order valence-electron chi connectivity index (χ0n) is 10.1. The molecule has 0 bridgehead atoms. The summed E-state index contributed by atoms with van der Waals surface area (Å²) in [5.41, 5.74) is -0.0947. The highest BCUT2D eigenvalue weighted by atomic mass is 16.3. The van der Waals surface area contributed by atoms with Gasteiger partial charge in [0.15, 0.2) is 0 Å². The molecular weight excluding hydrogens is 174 g/mol. The van der Waals surface area contributed by atoms with Crippen LogP contribution < -0.4 is 0 Å². The molecule has 0 aromatic rings. The maximum Gasteiger partial charge on any atom is 0.0720 e. The van der Waals surface area contributed by atoms with Crippen molar-refractivity contribution in [1.82, 2.24) is 4.90 Å². The average molecular weight is 199 g/mol. The Morgan fingerprint density at radius 2 is 1.79 bits per heavy atom. The first-order chi connectivity index (χ1) is 6.44. The summed E-state index contributed by atoms with van der Waals surface area (Å²) in [5, 5.41) is 10.2. The summed E-state index contributed by atoms with van der Waals surface area (Å²) >= 11 is 0. The minimum Gasteiger partial charge on any atom is -0.391 e. The molecule has 1 saturated carbocycles. The first kappa shape index (κ1) is 12.0. The Hall–Kier alpha value is -0.0800. The minimum absolute atomic E-state index is 0.0947. The van der Waals surface area contributed by atoms with Gasteiger partial charge in [-0.15, -0.1) is 0 Å². The first-order valence-corrected chi connectivity index (χ1v) is 5.80. The molecule has 2 heteroatoms. The lowest BCUT2D eigenvalue weighted by Gasteiger charge is -2.38. The quantitative estimate of drug-likeness (QED) is 0.751. The Morgan fingerprint density at radius 1 is 1.29 bits per heavy atom. The second-order valence-corrected chi connectivity index (χ2v) is 5.45. The van der Waals surface area contributed by atoms with Gasteiger partial charge in [0.25, 0.3) is 0 Å². The van der Waals surface area contributed by atoms with Crippen molar-refractivity contribution in [1.29, 1.82) is 0 Å². The van der Waals surface area contributed by atoms with E-state index in [9.17, 15) is 5.11 Å². The van der Waals surface area contributed by atoms with E-state index in [1.54, 1.807) is 0 Å². The van der Waals surface area contributed by atoms with Gasteiger partial charge in [0, 0.05) is 5.54 Å². The zero-order valence-corrected chi connectivity index (χ0v) is 10.1. The monoisotopic (exact) mass is 199 g/mol. The van der Waals surface area contributed by atoms with Crippen LogP contribution in [0.25, 0.3) is 0 Å². The number of hydrogen-bond donors (Lipinski definition) is 1. The molecule has 0 aliphatic heterocycles. The van der Waals surface area contributed by atoms with E-state index < -0.39 is 0 Å². The summed E-state index contributed by atoms with van der Waals surface area (Å²) in [6, 6.07) is 0. The van der Waals surface area contributed by atoms with E-state index in [2.05, 4.69) is 18.7 Å². The van der Waals surface area contributed by atoms with Crippen LogP contribution in [0.5, 0.6) is 0 Å². The Morgan fingerprint density at radius 3 is 2.21 bits per heavy atom. The van der Waals surface area contributed by atoms with E-state index in [4.69, 9.17) is 0 Å². The maximum absolute atomic E-state index is 10.2. The Balaban J connectivity index is 2.43. The smallest absolute Gasteiger partial charge is 0.0720 e. The summed E-state index contributed by atoms with van der Waals surface area (Å²) in [4.78, 5) is 2.12. The molecule has 1 atom stereocenters. The second kappa shape index (κ2) is 4.63. The lowest BCUT2D eigenvalue weighted by Crippen LogP contribution is -2.49. The molecule has 0 aromatic carbocycles. The number of nitrogens with zero attached hydrogens (tertiary/aromatic N) is 1. The van der Waals surface area contributed by atoms with Crippen molar-refractivity contribution in [3.63, 3.8) is 0 Å². The van der Waals surface area contributed by atoms with Gasteiger partial charge < -0.3 is 10.0 Å². The number of likely N-dealkylation sites (N-methyl/N-ethyl adjacent to an activating group) is 1. The van der Waals surface area contributed by atoms with Gasteiger partial charge in [-0.2, -0.15) is 0 Å². The molecule has 0 saturated heterocycles. The Labute approximate surface area is 88.3 Å². The van der Waals surface area contributed by atoms with Crippen LogP contribution in [0.4, 0.5) is 0 Å². The summed E-state index contributed by atoms with van der Waals surface area (Å²) in [5.74, 6) is 0.768. The van der Waals surface area contributed by atoms with Gasteiger partial charge in [-0.3, -0.25) is 0 Å². The molecular formula is C12H25NO. The molecule has 1 aliphatic rings. The second-order valence-electron chi connectivity index (χ2n) is 5.45. The largest absolute Gasteiger partial charge is 0.391 e. The van der Waals surface area contributed by atoms with Crippen molar-refractivity contribution in [2.75, 3.05) is 14.1 Å². The fourth-order valence-electron chi connectivity index (χ4n) is 2.15. The zero-order chi connectivity index (χ0) is 10.8. The third-order valence-electron chi connectivity index (χ3n) is 4.00. The first-order valence-electron chi connectivity index (χ1n) is 5.80. The highest BCUT2D eigenvalue weighted by Crippen LogP contribution is 2.31. The van der Waals surface area contributed by atoms with E-state index in [1.807, 2.05) is 14.1 Å². The van der Waals surface area contributed by atoms with E-state index >= 15 is 0 Å². The summed E-state index contributed by atoms with van der Waals surface area (Å²) in [7, 11) is 4.08. The predicted molar refractivity (Wildman–Crippen MR) is 60.3 cm³/mol. The molecule has 2 nitrogen and oxygen atoms in total. The highest BCUT2D eigenvalue weighted by molar-refractivity contribution is 4.87. The third-order valence-corrected chi connectivity index (χ3v) is 4.00. The Kier molecular flexibility index (Phi) is 3.96. The molecule has 1 N–H and O–H groups in total. The van der Waals surface area contributed by atoms with Gasteiger partial charge in [-0.1, -0.05) is 25.7 Å². The van der Waals surface area contributed by atoms with E-state index in [-0.39, 0.29) is 11.6 Å². The number of aliphatic hydroxyl groups excluding tert-OH is 1. The standard InChI is InChI=1S/C12H25NO/c1-12(2,13(3)4)11(14)9-10-7-5-6-8-10/h10-11,14H,5-9H2,1-4H3. The number of rotatable bonds is 4. The van der Waals surface area contributed by atoms with Crippen molar-refractivity contribution in [2.45, 2.75) is 57.6 Å². The number of hydrogen-bond acceptors (Lipinski definition) is 2. The molecule has 0 amide bonds. The van der Waals surface area contributed by atoms with Crippen LogP contribution in [0.2, 0.25) is 0 Å². The van der Waals surface area contributed by atoms with Crippen LogP contribution in [0.1, 0.15) is 46.0 Å². The summed E-state index contributed by atoms with van der Waals surface area (Å²) in [6.45, 7) is 4.24. The third kappa shape index (κ3) is 2.71. The molecule has 1 rings (SSSR count). The van der Waals surface area contributed by atoms with E-state index in [0.29, 0.717) is 0 Å². The van der Waals surface area contributed by atoms with Crippen molar-refractivity contribution in [3.05, 3.63) is 0 Å². The predicted octanol–water partition coefficient (Wildman–Crippen LogP) is 2.27. The van der Waals surface area contributed by atoms with E-state index in [0.717, 1.165) is 12.3 Å². The summed E-state index contributed by atoms with van der Waals surface area (Å²) in [6.07, 6.45) is 6.15. The van der Waals surface area contributed by atoms with Gasteiger partial charge in [-0.05, 0) is 40.3 Å². The lowest BCUT2D eigenvalue weighted by molar-refractivity contribution is 0.00275. The molecule has 1 unspecified atom stereocenters. The van der Waals surface area contributed by atoms with Crippen LogP contribution in [0, 0.1) is 5.92 Å². The Bertz CT molecular complexity index is 171.